The number of morpholine rings is 1. The summed E-state index contributed by atoms with van der Waals surface area (Å²) in [6.07, 6.45) is -0.812. The molecule has 1 aromatic carbocycles. The number of pyridine rings is 1. The van der Waals surface area contributed by atoms with Gasteiger partial charge in [0, 0.05) is 30.7 Å². The van der Waals surface area contributed by atoms with Crippen molar-refractivity contribution >= 4 is 33.6 Å². The van der Waals surface area contributed by atoms with Crippen LogP contribution in [0.5, 0.6) is 5.75 Å². The predicted octanol–water partition coefficient (Wildman–Crippen LogP) is 1.10. The maximum absolute atomic E-state index is 10.7. The zero-order valence-corrected chi connectivity index (χ0v) is 18.9. The molecule has 182 valence electrons. The Morgan fingerprint density at radius 1 is 1.06 bits per heavy atom. The molecular weight excluding hydrogens is 452 g/mol. The summed E-state index contributed by atoms with van der Waals surface area (Å²) < 4.78 is 19.0. The van der Waals surface area contributed by atoms with Crippen molar-refractivity contribution in [1.82, 2.24) is 19.5 Å². The number of rotatable bonds is 5. The number of aliphatic hydroxyl groups is 2. The zero-order valence-electron chi connectivity index (χ0n) is 18.9. The molecule has 0 amide bonds. The molecule has 2 aliphatic heterocycles. The van der Waals surface area contributed by atoms with Crippen molar-refractivity contribution in [3.63, 3.8) is 0 Å². The van der Waals surface area contributed by atoms with Crippen LogP contribution in [0.25, 0.3) is 21.9 Å². The van der Waals surface area contributed by atoms with Crippen LogP contribution in [0.15, 0.2) is 48.9 Å². The van der Waals surface area contributed by atoms with Crippen molar-refractivity contribution < 1.29 is 24.4 Å². The maximum Gasteiger partial charge on any atom is 0.164 e. The number of aromatic nitrogens is 4. The first-order valence-electron chi connectivity index (χ1n) is 11.5. The van der Waals surface area contributed by atoms with Gasteiger partial charge >= 0.3 is 0 Å². The normalized spacial score (nSPS) is 24.9. The molecule has 0 spiro atoms. The van der Waals surface area contributed by atoms with Crippen LogP contribution in [0.2, 0.25) is 0 Å². The van der Waals surface area contributed by atoms with Gasteiger partial charge in [0.2, 0.25) is 0 Å². The third kappa shape index (κ3) is 4.02. The molecule has 6 rings (SSSR count). The standard InChI is InChI=1S/C24H26N6O5/c25-22-16-5-6-30(23(16)27-13-26-22)24-21(32)20(31)18(35-24)12-34-15-3-1-14-2-4-19(28-17(14)11-15)29-7-9-33-10-8-29/h1-6,11,13,18,20-21,24,31-32H,7-10,12H2,(H2,25,26,27)/t18-,20-,21-,24-/m1/s1. The van der Waals surface area contributed by atoms with Crippen LogP contribution in [0.1, 0.15) is 6.23 Å². The lowest BCUT2D eigenvalue weighted by Gasteiger charge is -2.27. The minimum absolute atomic E-state index is 0.0553. The monoisotopic (exact) mass is 478 g/mol. The second kappa shape index (κ2) is 8.93. The minimum Gasteiger partial charge on any atom is -0.491 e. The molecule has 4 aromatic rings. The smallest absolute Gasteiger partial charge is 0.164 e. The second-order valence-corrected chi connectivity index (χ2v) is 8.70. The molecule has 11 nitrogen and oxygen atoms in total. The summed E-state index contributed by atoms with van der Waals surface area (Å²) in [6.45, 7) is 3.06. The van der Waals surface area contributed by atoms with Gasteiger partial charge in [0.15, 0.2) is 6.23 Å². The molecule has 11 heteroatoms. The van der Waals surface area contributed by atoms with Crippen molar-refractivity contribution in [2.75, 3.05) is 43.5 Å². The van der Waals surface area contributed by atoms with Crippen LogP contribution in [0.3, 0.4) is 0 Å². The van der Waals surface area contributed by atoms with E-state index in [-0.39, 0.29) is 6.61 Å². The summed E-state index contributed by atoms with van der Waals surface area (Å²) in [5.41, 5.74) is 7.24. The van der Waals surface area contributed by atoms with Gasteiger partial charge in [-0.25, -0.2) is 15.0 Å². The fourth-order valence-corrected chi connectivity index (χ4v) is 4.62. The fourth-order valence-electron chi connectivity index (χ4n) is 4.62. The highest BCUT2D eigenvalue weighted by molar-refractivity contribution is 5.86. The van der Waals surface area contributed by atoms with Gasteiger partial charge in [-0.05, 0) is 30.3 Å². The van der Waals surface area contributed by atoms with Crippen molar-refractivity contribution in [1.29, 1.82) is 0 Å². The molecule has 2 aliphatic rings. The van der Waals surface area contributed by atoms with Crippen LogP contribution in [-0.2, 0) is 9.47 Å². The third-order valence-electron chi connectivity index (χ3n) is 6.55. The molecule has 2 saturated heterocycles. The Balaban J connectivity index is 1.17. The van der Waals surface area contributed by atoms with E-state index in [2.05, 4.69) is 14.9 Å². The van der Waals surface area contributed by atoms with Crippen LogP contribution in [0.4, 0.5) is 11.6 Å². The number of aliphatic hydroxyl groups excluding tert-OH is 2. The highest BCUT2D eigenvalue weighted by atomic mass is 16.6. The number of nitrogens with zero attached hydrogens (tertiary/aromatic N) is 5. The highest BCUT2D eigenvalue weighted by Gasteiger charge is 2.44. The average Bonchev–Trinajstić information content (AvgIpc) is 3.44. The quantitative estimate of drug-likeness (QED) is 0.382. The van der Waals surface area contributed by atoms with Gasteiger partial charge < -0.3 is 39.6 Å². The van der Waals surface area contributed by atoms with E-state index in [1.807, 2.05) is 30.3 Å². The van der Waals surface area contributed by atoms with Crippen LogP contribution in [-0.4, -0.2) is 81.0 Å². The topological polar surface area (TPSA) is 141 Å². The number of fused-ring (bicyclic) bond motifs is 2. The van der Waals surface area contributed by atoms with E-state index in [0.29, 0.717) is 35.8 Å². The first-order chi connectivity index (χ1) is 17.1. The van der Waals surface area contributed by atoms with Crippen molar-refractivity contribution in [2.45, 2.75) is 24.5 Å². The summed E-state index contributed by atoms with van der Waals surface area (Å²) >= 11 is 0. The zero-order chi connectivity index (χ0) is 23.9. The van der Waals surface area contributed by atoms with Gasteiger partial charge in [-0.3, -0.25) is 0 Å². The van der Waals surface area contributed by atoms with E-state index >= 15 is 0 Å². The van der Waals surface area contributed by atoms with Gasteiger partial charge in [0.25, 0.3) is 0 Å². The molecule has 0 unspecified atom stereocenters. The summed E-state index contributed by atoms with van der Waals surface area (Å²) in [7, 11) is 0. The lowest BCUT2D eigenvalue weighted by Crippen LogP contribution is -2.36. The summed E-state index contributed by atoms with van der Waals surface area (Å²) in [6, 6.07) is 11.5. The maximum atomic E-state index is 10.7. The highest BCUT2D eigenvalue weighted by Crippen LogP contribution is 2.33. The second-order valence-electron chi connectivity index (χ2n) is 8.70. The van der Waals surface area contributed by atoms with Crippen LogP contribution >= 0.6 is 0 Å². The third-order valence-corrected chi connectivity index (χ3v) is 6.55. The Hall–Kier alpha value is -3.51. The number of hydrogen-bond acceptors (Lipinski definition) is 10. The van der Waals surface area contributed by atoms with Gasteiger partial charge in [-0.2, -0.15) is 0 Å². The lowest BCUT2D eigenvalue weighted by molar-refractivity contribution is -0.0471. The first-order valence-corrected chi connectivity index (χ1v) is 11.5. The van der Waals surface area contributed by atoms with E-state index < -0.39 is 24.5 Å². The van der Waals surface area contributed by atoms with Gasteiger partial charge in [0.05, 0.1) is 24.1 Å². The van der Waals surface area contributed by atoms with Crippen molar-refractivity contribution in [2.24, 2.45) is 0 Å². The largest absolute Gasteiger partial charge is 0.491 e. The molecular formula is C24H26N6O5. The Kier molecular flexibility index (Phi) is 5.61. The SMILES string of the molecule is Nc1ncnc2c1ccn2[C@@H]1O[C@H](COc2ccc3ccc(N4CCOCC4)nc3c2)[C@@H](O)[C@H]1O. The van der Waals surface area contributed by atoms with E-state index in [1.54, 1.807) is 16.8 Å². The van der Waals surface area contributed by atoms with Crippen molar-refractivity contribution in [3.05, 3.63) is 48.9 Å². The molecule has 3 aromatic heterocycles. The van der Waals surface area contributed by atoms with Gasteiger partial charge in [-0.15, -0.1) is 0 Å². The van der Waals surface area contributed by atoms with E-state index in [4.69, 9.17) is 24.9 Å². The number of ether oxygens (including phenoxy) is 3. The Labute approximate surface area is 200 Å². The number of benzene rings is 1. The first kappa shape index (κ1) is 22.0. The molecule has 0 aliphatic carbocycles. The summed E-state index contributed by atoms with van der Waals surface area (Å²) in [5.74, 6) is 1.84. The van der Waals surface area contributed by atoms with E-state index in [0.717, 1.165) is 29.8 Å². The Morgan fingerprint density at radius 2 is 1.89 bits per heavy atom. The van der Waals surface area contributed by atoms with Crippen LogP contribution in [0, 0.1) is 0 Å². The minimum atomic E-state index is -1.16. The van der Waals surface area contributed by atoms with Crippen molar-refractivity contribution in [3.8, 4) is 5.75 Å². The summed E-state index contributed by atoms with van der Waals surface area (Å²) in [4.78, 5) is 15.2. The molecule has 4 N–H and O–H groups in total. The number of nitrogens with two attached hydrogens (primary N) is 1. The molecule has 0 radical (unpaired) electrons. The van der Waals surface area contributed by atoms with Crippen LogP contribution < -0.4 is 15.4 Å². The van der Waals surface area contributed by atoms with E-state index in [9.17, 15) is 10.2 Å². The van der Waals surface area contributed by atoms with Gasteiger partial charge in [0.1, 0.15) is 54.3 Å². The number of hydrogen-bond donors (Lipinski definition) is 3. The molecule has 0 bridgehead atoms. The fraction of sp³-hybridized carbons (Fsp3) is 0.375. The Morgan fingerprint density at radius 3 is 2.74 bits per heavy atom. The van der Waals surface area contributed by atoms with E-state index in [1.165, 1.54) is 6.33 Å². The molecule has 5 heterocycles. The summed E-state index contributed by atoms with van der Waals surface area (Å²) in [5, 5.41) is 23.0. The molecule has 4 atom stereocenters. The number of nitrogen functional groups attached to an aromatic ring is 1. The average molecular weight is 479 g/mol. The molecule has 0 saturated carbocycles. The molecule has 2 fully saturated rings. The predicted molar refractivity (Wildman–Crippen MR) is 128 cm³/mol. The molecule has 35 heavy (non-hydrogen) atoms. The number of anilines is 2. The Bertz CT molecular complexity index is 1360. The van der Waals surface area contributed by atoms with Gasteiger partial charge in [-0.1, -0.05) is 0 Å². The lowest BCUT2D eigenvalue weighted by atomic mass is 10.1.